The number of aromatic nitrogens is 3. The first-order chi connectivity index (χ1) is 12.7. The Bertz CT molecular complexity index is 785. The van der Waals surface area contributed by atoms with Gasteiger partial charge in [-0.3, -0.25) is 14.8 Å². The van der Waals surface area contributed by atoms with Crippen LogP contribution in [-0.4, -0.2) is 45.0 Å². The van der Waals surface area contributed by atoms with E-state index in [0.717, 1.165) is 5.01 Å². The second-order valence-electron chi connectivity index (χ2n) is 7.61. The number of rotatable bonds is 5. The van der Waals surface area contributed by atoms with Crippen LogP contribution in [0.1, 0.15) is 38.2 Å². The van der Waals surface area contributed by atoms with E-state index in [4.69, 9.17) is 9.47 Å². The minimum absolute atomic E-state index is 0.235. The van der Waals surface area contributed by atoms with Crippen LogP contribution in [0.25, 0.3) is 0 Å². The lowest BCUT2D eigenvalue weighted by atomic mass is 9.90. The van der Waals surface area contributed by atoms with Crippen molar-refractivity contribution >= 4 is 23.3 Å². The van der Waals surface area contributed by atoms with Crippen molar-refractivity contribution in [3.8, 4) is 0 Å². The molecule has 0 bridgehead atoms. The largest absolute Gasteiger partial charge is 0.469 e. The zero-order valence-corrected chi connectivity index (χ0v) is 16.7. The predicted molar refractivity (Wildman–Crippen MR) is 98.9 cm³/mol. The molecule has 0 radical (unpaired) electrons. The van der Waals surface area contributed by atoms with Crippen LogP contribution in [0.4, 0.5) is 0 Å². The summed E-state index contributed by atoms with van der Waals surface area (Å²) in [7, 11) is 1.35. The predicted octanol–water partition coefficient (Wildman–Crippen LogP) is 1.94. The second-order valence-corrected chi connectivity index (χ2v) is 8.54. The van der Waals surface area contributed by atoms with Gasteiger partial charge in [-0.25, -0.2) is 9.78 Å². The summed E-state index contributed by atoms with van der Waals surface area (Å²) in [5, 5.41) is 10.1. The van der Waals surface area contributed by atoms with Gasteiger partial charge >= 0.3 is 11.9 Å². The van der Waals surface area contributed by atoms with Crippen molar-refractivity contribution in [2.75, 3.05) is 7.11 Å². The second kappa shape index (κ2) is 7.40. The maximum atomic E-state index is 13.2. The monoisotopic (exact) mass is 392 g/mol. The van der Waals surface area contributed by atoms with Crippen molar-refractivity contribution in [2.45, 2.75) is 50.9 Å². The summed E-state index contributed by atoms with van der Waals surface area (Å²) >= 11 is 1.43. The van der Waals surface area contributed by atoms with Crippen LogP contribution in [0.15, 0.2) is 30.0 Å². The lowest BCUT2D eigenvalue weighted by molar-refractivity contribution is -0.163. The fraction of sp³-hybridized carbons (Fsp3) is 0.556. The highest BCUT2D eigenvalue weighted by atomic mass is 32.1. The molecule has 0 amide bonds. The van der Waals surface area contributed by atoms with Crippen molar-refractivity contribution in [3.63, 3.8) is 0 Å². The molecule has 0 aromatic carbocycles. The van der Waals surface area contributed by atoms with E-state index in [0.29, 0.717) is 0 Å². The van der Waals surface area contributed by atoms with Gasteiger partial charge in [0, 0.05) is 24.0 Å². The van der Waals surface area contributed by atoms with Crippen molar-refractivity contribution in [1.29, 1.82) is 0 Å². The first-order valence-electron chi connectivity index (χ1n) is 8.70. The van der Waals surface area contributed by atoms with E-state index in [1.165, 1.54) is 18.4 Å². The van der Waals surface area contributed by atoms with E-state index in [1.807, 2.05) is 26.2 Å². The summed E-state index contributed by atoms with van der Waals surface area (Å²) in [4.78, 5) is 30.0. The molecule has 1 saturated heterocycles. The number of methoxy groups -OCH3 is 1. The molecule has 1 N–H and O–H groups in total. The van der Waals surface area contributed by atoms with Crippen LogP contribution in [0, 0.1) is 5.92 Å². The Hall–Kier alpha value is -2.26. The number of hydrogen-bond acceptors (Lipinski definition) is 8. The summed E-state index contributed by atoms with van der Waals surface area (Å²) in [5.74, 6) is -1.35. The molecule has 1 aliphatic heterocycles. The molecular formula is C18H24N4O4S. The number of ether oxygens (including phenoxy) is 2. The highest BCUT2D eigenvalue weighted by molar-refractivity contribution is 7.09. The quantitative estimate of drug-likeness (QED) is 0.777. The Kier molecular flexibility index (Phi) is 5.34. The Balaban J connectivity index is 1.98. The maximum absolute atomic E-state index is 13.2. The highest BCUT2D eigenvalue weighted by Gasteiger charge is 2.55. The topological polar surface area (TPSA) is 95.3 Å². The van der Waals surface area contributed by atoms with Crippen LogP contribution < -0.4 is 5.32 Å². The number of hydrogen-bond donors (Lipinski definition) is 1. The Morgan fingerprint density at radius 1 is 1.41 bits per heavy atom. The molecule has 0 saturated carbocycles. The SMILES string of the molecule is COC(=O)[C@H]1C[C@@](Cn2cccn2)(C(=O)OC(C)(C)C)N[C@H]1c1nccs1. The Morgan fingerprint density at radius 3 is 2.74 bits per heavy atom. The molecule has 2 aromatic rings. The molecule has 1 aliphatic rings. The first-order valence-corrected chi connectivity index (χ1v) is 9.58. The number of nitrogens with one attached hydrogen (secondary N) is 1. The molecule has 146 valence electrons. The van der Waals surface area contributed by atoms with Gasteiger partial charge in [-0.1, -0.05) is 0 Å². The van der Waals surface area contributed by atoms with Gasteiger partial charge < -0.3 is 9.47 Å². The lowest BCUT2D eigenvalue weighted by Crippen LogP contribution is -2.54. The van der Waals surface area contributed by atoms with Crippen LogP contribution >= 0.6 is 11.3 Å². The Labute approximate surface area is 161 Å². The molecular weight excluding hydrogens is 368 g/mol. The summed E-state index contributed by atoms with van der Waals surface area (Å²) in [6, 6.07) is 1.36. The molecule has 0 spiro atoms. The summed E-state index contributed by atoms with van der Waals surface area (Å²) in [6.45, 7) is 5.69. The van der Waals surface area contributed by atoms with E-state index in [1.54, 1.807) is 29.3 Å². The smallest absolute Gasteiger partial charge is 0.328 e. The van der Waals surface area contributed by atoms with Gasteiger partial charge in [-0.05, 0) is 33.3 Å². The van der Waals surface area contributed by atoms with Gasteiger partial charge in [0.25, 0.3) is 0 Å². The van der Waals surface area contributed by atoms with E-state index < -0.39 is 29.1 Å². The zero-order valence-electron chi connectivity index (χ0n) is 15.8. The molecule has 9 heteroatoms. The van der Waals surface area contributed by atoms with Gasteiger partial charge in [-0.15, -0.1) is 11.3 Å². The van der Waals surface area contributed by atoms with Crippen molar-refractivity contribution in [3.05, 3.63) is 35.0 Å². The first kappa shape index (κ1) is 19.5. The third-order valence-corrected chi connectivity index (χ3v) is 5.26. The summed E-state index contributed by atoms with van der Waals surface area (Å²) < 4.78 is 12.3. The lowest BCUT2D eigenvalue weighted by Gasteiger charge is -2.31. The average molecular weight is 392 g/mol. The molecule has 3 rings (SSSR count). The van der Waals surface area contributed by atoms with E-state index in [2.05, 4.69) is 15.4 Å². The van der Waals surface area contributed by atoms with Crippen molar-refractivity contribution in [2.24, 2.45) is 5.92 Å². The number of thiazole rings is 1. The van der Waals surface area contributed by atoms with Gasteiger partial charge in [-0.2, -0.15) is 5.10 Å². The minimum atomic E-state index is -1.12. The van der Waals surface area contributed by atoms with Crippen LogP contribution in [-0.2, 0) is 25.6 Å². The zero-order chi connectivity index (χ0) is 19.7. The van der Waals surface area contributed by atoms with E-state index in [-0.39, 0.29) is 18.9 Å². The average Bonchev–Trinajstić information content (AvgIpc) is 3.33. The number of carbonyl (C=O) groups excluding carboxylic acids is 2. The fourth-order valence-corrected chi connectivity index (χ4v) is 4.06. The normalized spacial score (nSPS) is 25.3. The van der Waals surface area contributed by atoms with E-state index >= 15 is 0 Å². The summed E-state index contributed by atoms with van der Waals surface area (Å²) in [6.07, 6.45) is 5.33. The molecule has 27 heavy (non-hydrogen) atoms. The van der Waals surface area contributed by atoms with Crippen LogP contribution in [0.2, 0.25) is 0 Å². The molecule has 3 atom stereocenters. The van der Waals surface area contributed by atoms with Crippen LogP contribution in [0.5, 0.6) is 0 Å². The third-order valence-electron chi connectivity index (χ3n) is 4.40. The number of carbonyl (C=O) groups is 2. The Morgan fingerprint density at radius 2 is 2.19 bits per heavy atom. The number of esters is 2. The third kappa shape index (κ3) is 4.19. The molecule has 1 fully saturated rings. The van der Waals surface area contributed by atoms with Crippen molar-refractivity contribution in [1.82, 2.24) is 20.1 Å². The van der Waals surface area contributed by atoms with E-state index in [9.17, 15) is 9.59 Å². The minimum Gasteiger partial charge on any atom is -0.469 e. The van der Waals surface area contributed by atoms with Crippen molar-refractivity contribution < 1.29 is 19.1 Å². The fourth-order valence-electron chi connectivity index (χ4n) is 3.31. The number of nitrogens with zero attached hydrogens (tertiary/aromatic N) is 3. The molecule has 0 aliphatic carbocycles. The van der Waals surface area contributed by atoms with Gasteiger partial charge in [0.1, 0.15) is 16.1 Å². The molecule has 2 aromatic heterocycles. The van der Waals surface area contributed by atoms with Gasteiger partial charge in [0.15, 0.2) is 0 Å². The standard InChI is InChI=1S/C18H24N4O4S/c1-17(2,3)26-16(24)18(11-22-8-5-6-20-22)10-12(15(23)25-4)13(21-18)14-19-7-9-27-14/h5-9,12-13,21H,10-11H2,1-4H3/t12-,13+,18+/m0/s1. The highest BCUT2D eigenvalue weighted by Crippen LogP contribution is 2.41. The van der Waals surface area contributed by atoms with Gasteiger partial charge in [0.05, 0.1) is 25.6 Å². The molecule has 0 unspecified atom stereocenters. The maximum Gasteiger partial charge on any atom is 0.328 e. The van der Waals surface area contributed by atoms with Crippen LogP contribution in [0.3, 0.4) is 0 Å². The summed E-state index contributed by atoms with van der Waals surface area (Å²) in [5.41, 5.74) is -1.77. The van der Waals surface area contributed by atoms with Gasteiger partial charge in [0.2, 0.25) is 0 Å². The molecule has 8 nitrogen and oxygen atoms in total. The molecule has 3 heterocycles.